The van der Waals surface area contributed by atoms with Gasteiger partial charge in [-0.15, -0.1) is 0 Å². The smallest absolute Gasteiger partial charge is 0.243 e. The number of likely N-dealkylation sites (tertiary alicyclic amines) is 1. The number of nitriles is 1. The molecule has 2 heterocycles. The molecular weight excluding hydrogens is 218 g/mol. The fourth-order valence-corrected chi connectivity index (χ4v) is 2.44. The monoisotopic (exact) mass is 237 g/mol. The molecule has 0 bridgehead atoms. The summed E-state index contributed by atoms with van der Waals surface area (Å²) in [5.41, 5.74) is -0.788. The van der Waals surface area contributed by atoms with Gasteiger partial charge in [-0.1, -0.05) is 0 Å². The van der Waals surface area contributed by atoms with Gasteiger partial charge in [0.05, 0.1) is 19.3 Å². The van der Waals surface area contributed by atoms with Gasteiger partial charge >= 0.3 is 0 Å². The zero-order valence-corrected chi connectivity index (χ0v) is 10.3. The number of hydrogen-bond donors (Lipinski definition) is 0. The first-order valence-electron chi connectivity index (χ1n) is 6.15. The molecule has 2 rings (SSSR count). The van der Waals surface area contributed by atoms with Crippen LogP contribution in [0, 0.1) is 16.7 Å². The van der Waals surface area contributed by atoms with E-state index in [-0.39, 0.29) is 5.91 Å². The molecule has 5 nitrogen and oxygen atoms in total. The van der Waals surface area contributed by atoms with Gasteiger partial charge in [0, 0.05) is 13.1 Å². The molecule has 5 heteroatoms. The zero-order valence-electron chi connectivity index (χ0n) is 10.3. The normalized spacial score (nSPS) is 25.3. The van der Waals surface area contributed by atoms with Crippen molar-refractivity contribution in [1.29, 1.82) is 5.26 Å². The molecule has 0 aromatic heterocycles. The first-order valence-corrected chi connectivity index (χ1v) is 6.15. The molecule has 2 fully saturated rings. The molecule has 2 aliphatic rings. The third kappa shape index (κ3) is 2.43. The summed E-state index contributed by atoms with van der Waals surface area (Å²) in [6.45, 7) is 4.07. The third-order valence-electron chi connectivity index (χ3n) is 3.76. The summed E-state index contributed by atoms with van der Waals surface area (Å²) >= 11 is 0. The molecule has 94 valence electrons. The SMILES string of the molecule is CN1CCC(C#N)(C(=O)N2CCOCC2)CC1. The van der Waals surface area contributed by atoms with Crippen molar-refractivity contribution in [2.45, 2.75) is 12.8 Å². The van der Waals surface area contributed by atoms with Crippen LogP contribution < -0.4 is 0 Å². The minimum atomic E-state index is -0.788. The number of piperidine rings is 1. The lowest BCUT2D eigenvalue weighted by Crippen LogP contribution is -2.51. The molecule has 0 aromatic carbocycles. The minimum absolute atomic E-state index is 0.0106. The highest BCUT2D eigenvalue weighted by Gasteiger charge is 2.43. The lowest BCUT2D eigenvalue weighted by Gasteiger charge is -2.38. The second kappa shape index (κ2) is 5.03. The Labute approximate surface area is 102 Å². The molecule has 0 unspecified atom stereocenters. The number of carbonyl (C=O) groups is 1. The molecule has 0 radical (unpaired) electrons. The van der Waals surface area contributed by atoms with Gasteiger partial charge in [0.1, 0.15) is 5.41 Å². The molecule has 1 amide bonds. The van der Waals surface area contributed by atoms with Gasteiger partial charge in [-0.2, -0.15) is 5.26 Å². The maximum absolute atomic E-state index is 12.4. The van der Waals surface area contributed by atoms with Gasteiger partial charge in [-0.3, -0.25) is 4.79 Å². The number of carbonyl (C=O) groups excluding carboxylic acids is 1. The van der Waals surface area contributed by atoms with Crippen LogP contribution in [0.3, 0.4) is 0 Å². The summed E-state index contributed by atoms with van der Waals surface area (Å²) in [6, 6.07) is 2.28. The van der Waals surface area contributed by atoms with E-state index < -0.39 is 5.41 Å². The summed E-state index contributed by atoms with van der Waals surface area (Å²) in [5, 5.41) is 9.38. The van der Waals surface area contributed by atoms with E-state index in [1.807, 2.05) is 7.05 Å². The fraction of sp³-hybridized carbons (Fsp3) is 0.833. The van der Waals surface area contributed by atoms with E-state index in [9.17, 15) is 10.1 Å². The van der Waals surface area contributed by atoms with E-state index >= 15 is 0 Å². The van der Waals surface area contributed by atoms with Crippen molar-refractivity contribution < 1.29 is 9.53 Å². The van der Waals surface area contributed by atoms with Crippen LogP contribution in [0.4, 0.5) is 0 Å². The molecule has 2 saturated heterocycles. The standard InChI is InChI=1S/C12H19N3O2/c1-14-4-2-12(10-13,3-5-14)11(16)15-6-8-17-9-7-15/h2-9H2,1H3. The van der Waals surface area contributed by atoms with Crippen molar-refractivity contribution in [3.05, 3.63) is 0 Å². The topological polar surface area (TPSA) is 56.6 Å². The Morgan fingerprint density at radius 1 is 1.24 bits per heavy atom. The molecule has 2 aliphatic heterocycles. The van der Waals surface area contributed by atoms with Gasteiger partial charge in [-0.05, 0) is 33.0 Å². The highest BCUT2D eigenvalue weighted by molar-refractivity contribution is 5.85. The molecular formula is C12H19N3O2. The van der Waals surface area contributed by atoms with E-state index in [1.54, 1.807) is 4.90 Å². The Kier molecular flexibility index (Phi) is 3.65. The van der Waals surface area contributed by atoms with Gasteiger partial charge < -0.3 is 14.5 Å². The first-order chi connectivity index (χ1) is 8.18. The van der Waals surface area contributed by atoms with Crippen LogP contribution >= 0.6 is 0 Å². The average molecular weight is 237 g/mol. The lowest BCUT2D eigenvalue weighted by atomic mass is 9.78. The maximum atomic E-state index is 12.4. The fourth-order valence-electron chi connectivity index (χ4n) is 2.44. The van der Waals surface area contributed by atoms with E-state index in [0.717, 1.165) is 13.1 Å². The quantitative estimate of drug-likeness (QED) is 0.648. The summed E-state index contributed by atoms with van der Waals surface area (Å²) in [6.07, 6.45) is 1.30. The summed E-state index contributed by atoms with van der Waals surface area (Å²) < 4.78 is 5.24. The molecule has 0 N–H and O–H groups in total. The molecule has 0 spiro atoms. The van der Waals surface area contributed by atoms with Crippen molar-refractivity contribution in [3.63, 3.8) is 0 Å². The van der Waals surface area contributed by atoms with Crippen molar-refractivity contribution in [1.82, 2.24) is 9.80 Å². The van der Waals surface area contributed by atoms with Crippen LogP contribution in [-0.4, -0.2) is 62.1 Å². The first kappa shape index (κ1) is 12.3. The number of hydrogen-bond acceptors (Lipinski definition) is 4. The Morgan fingerprint density at radius 3 is 2.35 bits per heavy atom. The van der Waals surface area contributed by atoms with Crippen LogP contribution in [-0.2, 0) is 9.53 Å². The molecule has 0 aromatic rings. The number of amides is 1. The Hall–Kier alpha value is -1.12. The highest BCUT2D eigenvalue weighted by atomic mass is 16.5. The van der Waals surface area contributed by atoms with Crippen LogP contribution in [0.5, 0.6) is 0 Å². The van der Waals surface area contributed by atoms with Crippen LogP contribution in [0.25, 0.3) is 0 Å². The van der Waals surface area contributed by atoms with Crippen LogP contribution in [0.2, 0.25) is 0 Å². The number of nitrogens with zero attached hydrogens (tertiary/aromatic N) is 3. The van der Waals surface area contributed by atoms with Gasteiger partial charge in [0.15, 0.2) is 0 Å². The highest BCUT2D eigenvalue weighted by Crippen LogP contribution is 2.32. The summed E-state index contributed by atoms with van der Waals surface area (Å²) in [7, 11) is 2.03. The Bertz CT molecular complexity index is 323. The van der Waals surface area contributed by atoms with E-state index in [4.69, 9.17) is 4.74 Å². The minimum Gasteiger partial charge on any atom is -0.378 e. The van der Waals surface area contributed by atoms with Crippen molar-refractivity contribution in [2.24, 2.45) is 5.41 Å². The Balaban J connectivity index is 2.07. The van der Waals surface area contributed by atoms with Crippen LogP contribution in [0.15, 0.2) is 0 Å². The average Bonchev–Trinajstić information content (AvgIpc) is 2.40. The number of ether oxygens (including phenoxy) is 1. The zero-order chi connectivity index (χ0) is 12.3. The second-order valence-electron chi connectivity index (χ2n) is 4.90. The summed E-state index contributed by atoms with van der Waals surface area (Å²) in [4.78, 5) is 16.4. The van der Waals surface area contributed by atoms with Gasteiger partial charge in [-0.25, -0.2) is 0 Å². The second-order valence-corrected chi connectivity index (χ2v) is 4.90. The van der Waals surface area contributed by atoms with Gasteiger partial charge in [0.2, 0.25) is 5.91 Å². The van der Waals surface area contributed by atoms with E-state index in [2.05, 4.69) is 11.0 Å². The van der Waals surface area contributed by atoms with Crippen molar-refractivity contribution in [3.8, 4) is 6.07 Å². The van der Waals surface area contributed by atoms with Crippen molar-refractivity contribution >= 4 is 5.91 Å². The largest absolute Gasteiger partial charge is 0.378 e. The Morgan fingerprint density at radius 2 is 1.82 bits per heavy atom. The van der Waals surface area contributed by atoms with Crippen LogP contribution in [0.1, 0.15) is 12.8 Å². The van der Waals surface area contributed by atoms with Gasteiger partial charge in [0.25, 0.3) is 0 Å². The van der Waals surface area contributed by atoms with E-state index in [1.165, 1.54) is 0 Å². The summed E-state index contributed by atoms with van der Waals surface area (Å²) in [5.74, 6) is 0.0106. The molecule has 17 heavy (non-hydrogen) atoms. The van der Waals surface area contributed by atoms with E-state index in [0.29, 0.717) is 39.1 Å². The molecule has 0 aliphatic carbocycles. The molecule has 0 atom stereocenters. The predicted molar refractivity (Wildman–Crippen MR) is 62.2 cm³/mol. The van der Waals surface area contributed by atoms with Crippen molar-refractivity contribution in [2.75, 3.05) is 46.4 Å². The number of morpholine rings is 1. The molecule has 0 saturated carbocycles. The predicted octanol–water partition coefficient (Wildman–Crippen LogP) is 0.0808. The maximum Gasteiger partial charge on any atom is 0.243 e. The number of rotatable bonds is 1. The third-order valence-corrected chi connectivity index (χ3v) is 3.76. The lowest BCUT2D eigenvalue weighted by molar-refractivity contribution is -0.145.